The molecule has 13 heteroatoms. The third-order valence-electron chi connectivity index (χ3n) is 5.33. The molecule has 0 spiro atoms. The Hall–Kier alpha value is -3.71. The van der Waals surface area contributed by atoms with Crippen LogP contribution in [0.25, 0.3) is 0 Å². The Kier molecular flexibility index (Phi) is 11.6. The van der Waals surface area contributed by atoms with Crippen molar-refractivity contribution in [2.24, 2.45) is 11.7 Å². The number of aliphatic hydroxyl groups excluding tert-OH is 1. The van der Waals surface area contributed by atoms with E-state index in [1.807, 2.05) is 0 Å². The highest BCUT2D eigenvalue weighted by atomic mass is 16.4. The van der Waals surface area contributed by atoms with Gasteiger partial charge in [-0.1, -0.05) is 32.4 Å². The molecule has 1 aromatic carbocycles. The Morgan fingerprint density at radius 3 is 1.97 bits per heavy atom. The first-order valence-electron chi connectivity index (χ1n) is 10.9. The number of nitrogens with two attached hydrogens (primary N) is 1. The number of hydrogen-bond acceptors (Lipinski definition) is 8. The molecule has 1 aromatic rings. The van der Waals surface area contributed by atoms with Gasteiger partial charge in [0.1, 0.15) is 29.9 Å². The van der Waals surface area contributed by atoms with E-state index in [0.29, 0.717) is 12.0 Å². The van der Waals surface area contributed by atoms with E-state index in [2.05, 4.69) is 16.0 Å². The highest BCUT2D eigenvalue weighted by Gasteiger charge is 2.33. The molecule has 13 nitrogen and oxygen atoms in total. The molecule has 0 aromatic heterocycles. The zero-order valence-electron chi connectivity index (χ0n) is 19.4. The summed E-state index contributed by atoms with van der Waals surface area (Å²) in [5, 5.41) is 43.9. The number of benzene rings is 1. The van der Waals surface area contributed by atoms with E-state index in [1.165, 1.54) is 24.3 Å². The maximum Gasteiger partial charge on any atom is 0.326 e. The number of carbonyl (C=O) groups excluding carboxylic acids is 3. The van der Waals surface area contributed by atoms with Gasteiger partial charge in [-0.3, -0.25) is 19.2 Å². The number of aliphatic carboxylic acids is 2. The van der Waals surface area contributed by atoms with Crippen LogP contribution in [0.1, 0.15) is 32.3 Å². The number of carboxylic acids is 2. The number of nitrogens with one attached hydrogen (secondary N) is 3. The molecule has 0 heterocycles. The summed E-state index contributed by atoms with van der Waals surface area (Å²) in [6, 6.07) is 0.175. The second-order valence-electron chi connectivity index (χ2n) is 8.09. The first kappa shape index (κ1) is 29.3. The van der Waals surface area contributed by atoms with E-state index < -0.39 is 72.8 Å². The van der Waals surface area contributed by atoms with E-state index in [9.17, 15) is 34.2 Å². The third kappa shape index (κ3) is 9.59. The first-order chi connectivity index (χ1) is 16.4. The second-order valence-corrected chi connectivity index (χ2v) is 8.09. The smallest absolute Gasteiger partial charge is 0.326 e. The summed E-state index contributed by atoms with van der Waals surface area (Å²) >= 11 is 0. The van der Waals surface area contributed by atoms with Gasteiger partial charge in [0.2, 0.25) is 17.7 Å². The minimum atomic E-state index is -1.59. The molecule has 0 aliphatic rings. The molecule has 0 aliphatic heterocycles. The Morgan fingerprint density at radius 2 is 1.49 bits per heavy atom. The second kappa shape index (κ2) is 13.9. The van der Waals surface area contributed by atoms with Crippen LogP contribution in [0.5, 0.6) is 5.75 Å². The molecule has 5 unspecified atom stereocenters. The van der Waals surface area contributed by atoms with Crippen LogP contribution in [0.3, 0.4) is 0 Å². The van der Waals surface area contributed by atoms with Crippen LogP contribution in [0.2, 0.25) is 0 Å². The number of carboxylic acid groups (broad SMARTS) is 2. The van der Waals surface area contributed by atoms with Crippen molar-refractivity contribution in [3.05, 3.63) is 29.8 Å². The SMILES string of the molecule is CCC(C)C(NC(=O)C(CC(=O)O)NC(=O)C(N)CO)C(=O)NC(Cc1ccc(O)cc1)C(=O)O. The van der Waals surface area contributed by atoms with Gasteiger partial charge in [-0.05, 0) is 23.6 Å². The topological polar surface area (TPSA) is 228 Å². The quantitative estimate of drug-likeness (QED) is 0.146. The molecule has 0 saturated carbocycles. The van der Waals surface area contributed by atoms with Crippen LogP contribution < -0.4 is 21.7 Å². The minimum Gasteiger partial charge on any atom is -0.508 e. The van der Waals surface area contributed by atoms with Crippen LogP contribution in [0.15, 0.2) is 24.3 Å². The standard InChI is InChI=1S/C22H32N4O9/c1-3-11(2)18(26-20(32)15(9-17(29)30)24-19(31)14(23)10-27)21(33)25-16(22(34)35)8-12-4-6-13(28)7-5-12/h4-7,11,14-16,18,27-28H,3,8-10,23H2,1-2H3,(H,24,31)(H,25,33)(H,26,32)(H,29,30)(H,34,35). The molecule has 0 bridgehead atoms. The molecule has 9 N–H and O–H groups in total. The summed E-state index contributed by atoms with van der Waals surface area (Å²) in [6.45, 7) is 2.63. The van der Waals surface area contributed by atoms with Crippen molar-refractivity contribution >= 4 is 29.7 Å². The van der Waals surface area contributed by atoms with Gasteiger partial charge in [0.25, 0.3) is 0 Å². The number of phenols is 1. The van der Waals surface area contributed by atoms with E-state index in [0.717, 1.165) is 0 Å². The summed E-state index contributed by atoms with van der Waals surface area (Å²) in [5.41, 5.74) is 5.93. The van der Waals surface area contributed by atoms with Crippen LogP contribution in [0.4, 0.5) is 0 Å². The Balaban J connectivity index is 3.04. The predicted octanol–water partition coefficient (Wildman–Crippen LogP) is -1.69. The average molecular weight is 497 g/mol. The number of rotatable bonds is 14. The van der Waals surface area contributed by atoms with Crippen molar-refractivity contribution in [2.75, 3.05) is 6.61 Å². The molecule has 1 rings (SSSR count). The molecule has 0 aliphatic carbocycles. The highest BCUT2D eigenvalue weighted by molar-refractivity contribution is 5.95. The van der Waals surface area contributed by atoms with E-state index in [-0.39, 0.29) is 12.2 Å². The Labute approximate surface area is 201 Å². The van der Waals surface area contributed by atoms with Gasteiger partial charge < -0.3 is 42.1 Å². The van der Waals surface area contributed by atoms with Gasteiger partial charge in [-0.2, -0.15) is 0 Å². The molecule has 0 radical (unpaired) electrons. The molecular formula is C22H32N4O9. The zero-order chi connectivity index (χ0) is 26.7. The number of aliphatic hydroxyl groups is 1. The average Bonchev–Trinajstić information content (AvgIpc) is 2.81. The Morgan fingerprint density at radius 1 is 0.914 bits per heavy atom. The van der Waals surface area contributed by atoms with Gasteiger partial charge in [0, 0.05) is 6.42 Å². The highest BCUT2D eigenvalue weighted by Crippen LogP contribution is 2.13. The number of phenolic OH excluding ortho intramolecular Hbond substituents is 1. The number of carbonyl (C=O) groups is 5. The predicted molar refractivity (Wildman–Crippen MR) is 122 cm³/mol. The van der Waals surface area contributed by atoms with Gasteiger partial charge in [-0.25, -0.2) is 4.79 Å². The molecule has 0 saturated heterocycles. The fraction of sp³-hybridized carbons (Fsp3) is 0.500. The van der Waals surface area contributed by atoms with E-state index in [1.54, 1.807) is 13.8 Å². The van der Waals surface area contributed by atoms with Crippen LogP contribution >= 0.6 is 0 Å². The molecular weight excluding hydrogens is 464 g/mol. The molecule has 194 valence electrons. The van der Waals surface area contributed by atoms with Crippen LogP contribution in [-0.4, -0.2) is 80.9 Å². The monoisotopic (exact) mass is 496 g/mol. The zero-order valence-corrected chi connectivity index (χ0v) is 19.4. The van der Waals surface area contributed by atoms with Crippen molar-refractivity contribution in [1.29, 1.82) is 0 Å². The van der Waals surface area contributed by atoms with Crippen molar-refractivity contribution in [3.8, 4) is 5.75 Å². The van der Waals surface area contributed by atoms with Gasteiger partial charge in [-0.15, -0.1) is 0 Å². The summed E-state index contributed by atoms with van der Waals surface area (Å²) in [5.74, 6) is -5.99. The third-order valence-corrected chi connectivity index (χ3v) is 5.33. The summed E-state index contributed by atoms with van der Waals surface area (Å²) < 4.78 is 0. The van der Waals surface area contributed by atoms with E-state index in [4.69, 9.17) is 15.9 Å². The normalized spacial score (nSPS) is 15.1. The molecule has 35 heavy (non-hydrogen) atoms. The van der Waals surface area contributed by atoms with E-state index >= 15 is 0 Å². The van der Waals surface area contributed by atoms with Crippen LogP contribution in [0, 0.1) is 5.92 Å². The minimum absolute atomic E-state index is 0.00726. The summed E-state index contributed by atoms with van der Waals surface area (Å²) in [4.78, 5) is 60.7. The maximum atomic E-state index is 13.0. The molecule has 3 amide bonds. The van der Waals surface area contributed by atoms with Gasteiger partial charge >= 0.3 is 11.9 Å². The molecule has 5 atom stereocenters. The number of hydrogen-bond donors (Lipinski definition) is 8. The fourth-order valence-electron chi connectivity index (χ4n) is 3.03. The van der Waals surface area contributed by atoms with Crippen molar-refractivity contribution in [2.45, 2.75) is 57.3 Å². The lowest BCUT2D eigenvalue weighted by Gasteiger charge is -2.27. The van der Waals surface area contributed by atoms with Crippen molar-refractivity contribution < 1.29 is 44.4 Å². The van der Waals surface area contributed by atoms with Crippen molar-refractivity contribution in [3.63, 3.8) is 0 Å². The summed E-state index contributed by atoms with van der Waals surface area (Å²) in [6.07, 6.45) is -0.512. The van der Waals surface area contributed by atoms with Crippen molar-refractivity contribution in [1.82, 2.24) is 16.0 Å². The lowest BCUT2D eigenvalue weighted by molar-refractivity contribution is -0.143. The van der Waals surface area contributed by atoms with Crippen LogP contribution in [-0.2, 0) is 30.4 Å². The lowest BCUT2D eigenvalue weighted by atomic mass is 9.96. The first-order valence-corrected chi connectivity index (χ1v) is 10.9. The summed E-state index contributed by atoms with van der Waals surface area (Å²) in [7, 11) is 0. The fourth-order valence-corrected chi connectivity index (χ4v) is 3.03. The number of amides is 3. The largest absolute Gasteiger partial charge is 0.508 e. The van der Waals surface area contributed by atoms with Gasteiger partial charge in [0.15, 0.2) is 0 Å². The van der Waals surface area contributed by atoms with Gasteiger partial charge in [0.05, 0.1) is 13.0 Å². The number of aromatic hydroxyl groups is 1. The molecule has 0 fully saturated rings. The Bertz CT molecular complexity index is 907. The maximum absolute atomic E-state index is 13.0. The lowest BCUT2D eigenvalue weighted by Crippen LogP contribution is -2.59.